The molecule has 5 nitrogen and oxygen atoms in total. The van der Waals surface area contributed by atoms with E-state index in [0.29, 0.717) is 17.5 Å². The zero-order valence-corrected chi connectivity index (χ0v) is 9.33. The third kappa shape index (κ3) is 2.57. The summed E-state index contributed by atoms with van der Waals surface area (Å²) in [4.78, 5) is 7.80. The first kappa shape index (κ1) is 11.1. The lowest BCUT2D eigenvalue weighted by Gasteiger charge is -1.88. The van der Waals surface area contributed by atoms with Crippen LogP contribution in [0.2, 0.25) is 0 Å². The van der Waals surface area contributed by atoms with Crippen LogP contribution in [0.3, 0.4) is 0 Å². The van der Waals surface area contributed by atoms with Gasteiger partial charge in [-0.25, -0.2) is 0 Å². The highest BCUT2D eigenvalue weighted by atomic mass is 16.5. The van der Waals surface area contributed by atoms with Crippen molar-refractivity contribution in [3.63, 3.8) is 0 Å². The van der Waals surface area contributed by atoms with Crippen LogP contribution in [0.15, 0.2) is 50.7 Å². The molecule has 2 heterocycles. The quantitative estimate of drug-likeness (QED) is 0.597. The lowest BCUT2D eigenvalue weighted by molar-refractivity contribution is 0.413. The molecule has 0 radical (unpaired) electrons. The van der Waals surface area contributed by atoms with E-state index in [2.05, 4.69) is 21.9 Å². The summed E-state index contributed by atoms with van der Waals surface area (Å²) in [6, 6.07) is 3.53. The average molecular weight is 229 g/mol. The largest absolute Gasteiger partial charge is 0.459 e. The van der Waals surface area contributed by atoms with Crippen molar-refractivity contribution in [1.82, 2.24) is 10.1 Å². The third-order valence-electron chi connectivity index (χ3n) is 2.05. The SMILES string of the molecule is C=N/C=C\C=C(/C)c1noc(-c2ccco2)n1. The Bertz CT molecular complexity index is 550. The Balaban J connectivity index is 2.21. The van der Waals surface area contributed by atoms with Gasteiger partial charge in [0, 0.05) is 6.20 Å². The maximum absolute atomic E-state index is 5.16. The summed E-state index contributed by atoms with van der Waals surface area (Å²) in [6.45, 7) is 5.22. The minimum atomic E-state index is 0.364. The molecule has 2 aromatic rings. The predicted octanol–water partition coefficient (Wildman–Crippen LogP) is 2.95. The van der Waals surface area contributed by atoms with Crippen molar-refractivity contribution in [3.8, 4) is 11.7 Å². The van der Waals surface area contributed by atoms with Crippen molar-refractivity contribution < 1.29 is 8.94 Å². The number of aromatic nitrogens is 2. The van der Waals surface area contributed by atoms with Gasteiger partial charge in [0.2, 0.25) is 0 Å². The molecule has 0 aromatic carbocycles. The number of aliphatic imine (C=N–C) groups is 1. The van der Waals surface area contributed by atoms with Crippen molar-refractivity contribution in [2.45, 2.75) is 6.92 Å². The van der Waals surface area contributed by atoms with Gasteiger partial charge in [-0.3, -0.25) is 4.99 Å². The fraction of sp³-hybridized carbons (Fsp3) is 0.0833. The van der Waals surface area contributed by atoms with Gasteiger partial charge in [0.25, 0.3) is 5.89 Å². The molecule has 17 heavy (non-hydrogen) atoms. The molecular weight excluding hydrogens is 218 g/mol. The molecule has 0 saturated heterocycles. The summed E-state index contributed by atoms with van der Waals surface area (Å²) in [5, 5.41) is 3.86. The molecule has 0 fully saturated rings. The molecule has 0 bridgehead atoms. The Morgan fingerprint density at radius 2 is 2.41 bits per heavy atom. The van der Waals surface area contributed by atoms with Gasteiger partial charge in [0.15, 0.2) is 11.6 Å². The minimum Gasteiger partial charge on any atom is -0.459 e. The van der Waals surface area contributed by atoms with Crippen molar-refractivity contribution in [2.24, 2.45) is 4.99 Å². The molecule has 2 aromatic heterocycles. The first-order valence-corrected chi connectivity index (χ1v) is 4.98. The fourth-order valence-corrected chi connectivity index (χ4v) is 1.21. The number of nitrogens with zero attached hydrogens (tertiary/aromatic N) is 3. The Morgan fingerprint density at radius 1 is 1.53 bits per heavy atom. The smallest absolute Gasteiger partial charge is 0.293 e. The van der Waals surface area contributed by atoms with Crippen molar-refractivity contribution in [3.05, 3.63) is 42.6 Å². The van der Waals surface area contributed by atoms with Gasteiger partial charge in [-0.1, -0.05) is 11.2 Å². The van der Waals surface area contributed by atoms with Gasteiger partial charge in [0.05, 0.1) is 6.26 Å². The van der Waals surface area contributed by atoms with Crippen molar-refractivity contribution in [2.75, 3.05) is 0 Å². The number of hydrogen-bond donors (Lipinski definition) is 0. The van der Waals surface area contributed by atoms with Crippen LogP contribution >= 0.6 is 0 Å². The molecular formula is C12H11N3O2. The van der Waals surface area contributed by atoms with Crippen LogP contribution in [0, 0.1) is 0 Å². The average Bonchev–Trinajstić information content (AvgIpc) is 3.00. The number of hydrogen-bond acceptors (Lipinski definition) is 5. The number of allylic oxidation sites excluding steroid dienone is 3. The Labute approximate surface area is 98.2 Å². The zero-order valence-electron chi connectivity index (χ0n) is 9.33. The van der Waals surface area contributed by atoms with Crippen LogP contribution < -0.4 is 0 Å². The first-order chi connectivity index (χ1) is 8.31. The second kappa shape index (κ2) is 5.07. The molecule has 0 saturated carbocycles. The van der Waals surface area contributed by atoms with E-state index < -0.39 is 0 Å². The molecule has 0 amide bonds. The Kier molecular flexibility index (Phi) is 3.30. The highest BCUT2D eigenvalue weighted by Gasteiger charge is 2.11. The van der Waals surface area contributed by atoms with Crippen molar-refractivity contribution in [1.29, 1.82) is 0 Å². The molecule has 0 aliphatic carbocycles. The van der Waals surface area contributed by atoms with E-state index in [1.165, 1.54) is 0 Å². The molecule has 0 aliphatic heterocycles. The highest BCUT2D eigenvalue weighted by Crippen LogP contribution is 2.19. The van der Waals surface area contributed by atoms with E-state index in [1.54, 1.807) is 30.7 Å². The molecule has 2 rings (SSSR count). The second-order valence-corrected chi connectivity index (χ2v) is 3.27. The summed E-state index contributed by atoms with van der Waals surface area (Å²) in [5.74, 6) is 1.44. The molecule has 0 N–H and O–H groups in total. The number of rotatable bonds is 4. The van der Waals surface area contributed by atoms with E-state index in [-0.39, 0.29) is 0 Å². The molecule has 0 atom stereocenters. The van der Waals surface area contributed by atoms with Crippen molar-refractivity contribution >= 4 is 12.3 Å². The maximum Gasteiger partial charge on any atom is 0.293 e. The molecule has 0 aliphatic rings. The third-order valence-corrected chi connectivity index (χ3v) is 2.05. The van der Waals surface area contributed by atoms with Gasteiger partial charge in [0.1, 0.15) is 0 Å². The number of furan rings is 1. The van der Waals surface area contributed by atoms with Crippen LogP contribution in [0.5, 0.6) is 0 Å². The lowest BCUT2D eigenvalue weighted by atomic mass is 10.2. The zero-order chi connectivity index (χ0) is 12.1. The topological polar surface area (TPSA) is 64.4 Å². The second-order valence-electron chi connectivity index (χ2n) is 3.27. The molecule has 5 heteroatoms. The summed E-state index contributed by atoms with van der Waals surface area (Å²) >= 11 is 0. The van der Waals surface area contributed by atoms with Gasteiger partial charge in [-0.15, -0.1) is 0 Å². The maximum atomic E-state index is 5.16. The van der Waals surface area contributed by atoms with E-state index in [4.69, 9.17) is 8.94 Å². The first-order valence-electron chi connectivity index (χ1n) is 4.98. The van der Waals surface area contributed by atoms with Crippen LogP contribution in [0.1, 0.15) is 12.7 Å². The van der Waals surface area contributed by atoms with E-state index >= 15 is 0 Å². The molecule has 86 valence electrons. The highest BCUT2D eigenvalue weighted by molar-refractivity contribution is 5.60. The summed E-state index contributed by atoms with van der Waals surface area (Å²) in [5.41, 5.74) is 0.867. The van der Waals surface area contributed by atoms with Crippen LogP contribution in [-0.4, -0.2) is 16.9 Å². The predicted molar refractivity (Wildman–Crippen MR) is 64.3 cm³/mol. The van der Waals surface area contributed by atoms with Gasteiger partial charge in [-0.2, -0.15) is 4.98 Å². The van der Waals surface area contributed by atoms with Crippen LogP contribution in [0.25, 0.3) is 17.2 Å². The monoisotopic (exact) mass is 229 g/mol. The molecule has 0 spiro atoms. The minimum absolute atomic E-state index is 0.364. The van der Waals surface area contributed by atoms with Gasteiger partial charge in [-0.05, 0) is 37.4 Å². The Morgan fingerprint density at radius 3 is 3.12 bits per heavy atom. The summed E-state index contributed by atoms with van der Waals surface area (Å²) in [7, 11) is 0. The normalized spacial score (nSPS) is 12.2. The van der Waals surface area contributed by atoms with Crippen LogP contribution in [-0.2, 0) is 0 Å². The fourth-order valence-electron chi connectivity index (χ4n) is 1.21. The van der Waals surface area contributed by atoms with E-state index in [1.807, 2.05) is 13.0 Å². The standard InChI is InChI=1S/C12H11N3O2/c1-9(5-3-7-13-2)11-14-12(17-15-11)10-6-4-8-16-10/h3-8H,2H2,1H3/b7-3-,9-5+. The van der Waals surface area contributed by atoms with E-state index in [9.17, 15) is 0 Å². The summed E-state index contributed by atoms with van der Waals surface area (Å²) in [6.07, 6.45) is 6.72. The van der Waals surface area contributed by atoms with Crippen LogP contribution in [0.4, 0.5) is 0 Å². The summed E-state index contributed by atoms with van der Waals surface area (Å²) < 4.78 is 10.2. The van der Waals surface area contributed by atoms with E-state index in [0.717, 1.165) is 5.57 Å². The lowest BCUT2D eigenvalue weighted by Crippen LogP contribution is -1.82. The van der Waals surface area contributed by atoms with Gasteiger partial charge < -0.3 is 8.94 Å². The molecule has 0 unspecified atom stereocenters. The Hall–Kier alpha value is -2.43. The van der Waals surface area contributed by atoms with Gasteiger partial charge >= 0.3 is 0 Å².